The molecule has 1 amide bonds. The summed E-state index contributed by atoms with van der Waals surface area (Å²) in [6.07, 6.45) is 4.62. The average Bonchev–Trinajstić information content (AvgIpc) is 2.80. The Hall–Kier alpha value is -2.86. The molecule has 3 rings (SSSR count). The SMILES string of the molecule is COC(=O)[C@H](Cc1ccc(OCc2ccccc2)cc1)NC(=O)CC1CCC(N)CC1. The number of ether oxygens (including phenoxy) is 2. The molecule has 1 aliphatic carbocycles. The molecule has 0 aliphatic heterocycles. The number of amides is 1. The van der Waals surface area contributed by atoms with Gasteiger partial charge in [0, 0.05) is 18.9 Å². The van der Waals surface area contributed by atoms with Crippen molar-refractivity contribution in [1.82, 2.24) is 5.32 Å². The zero-order valence-electron chi connectivity index (χ0n) is 18.1. The van der Waals surface area contributed by atoms with Crippen LogP contribution in [0.15, 0.2) is 54.6 Å². The van der Waals surface area contributed by atoms with E-state index < -0.39 is 12.0 Å². The van der Waals surface area contributed by atoms with E-state index >= 15 is 0 Å². The van der Waals surface area contributed by atoms with Crippen LogP contribution >= 0.6 is 0 Å². The third-order valence-electron chi connectivity index (χ3n) is 5.80. The molecule has 2 aromatic rings. The van der Waals surface area contributed by atoms with Crippen LogP contribution in [0.25, 0.3) is 0 Å². The van der Waals surface area contributed by atoms with E-state index in [4.69, 9.17) is 15.2 Å². The zero-order valence-corrected chi connectivity index (χ0v) is 18.1. The molecule has 0 bridgehead atoms. The van der Waals surface area contributed by atoms with Crippen LogP contribution in [0.5, 0.6) is 5.75 Å². The van der Waals surface area contributed by atoms with E-state index in [0.717, 1.165) is 42.6 Å². The third-order valence-corrected chi connectivity index (χ3v) is 5.80. The summed E-state index contributed by atoms with van der Waals surface area (Å²) >= 11 is 0. The smallest absolute Gasteiger partial charge is 0.328 e. The first-order chi connectivity index (χ1) is 15.0. The van der Waals surface area contributed by atoms with Gasteiger partial charge in [-0.25, -0.2) is 4.79 Å². The Bertz CT molecular complexity index is 830. The maximum absolute atomic E-state index is 12.5. The molecule has 1 fully saturated rings. The Morgan fingerprint density at radius 1 is 1.00 bits per heavy atom. The summed E-state index contributed by atoms with van der Waals surface area (Å²) in [4.78, 5) is 24.8. The number of benzene rings is 2. The van der Waals surface area contributed by atoms with Crippen molar-refractivity contribution in [2.24, 2.45) is 11.7 Å². The number of methoxy groups -OCH3 is 1. The van der Waals surface area contributed by atoms with Gasteiger partial charge in [-0.05, 0) is 54.9 Å². The van der Waals surface area contributed by atoms with Gasteiger partial charge in [0.2, 0.25) is 5.91 Å². The van der Waals surface area contributed by atoms with Crippen molar-refractivity contribution in [1.29, 1.82) is 0 Å². The lowest BCUT2D eigenvalue weighted by atomic mass is 9.84. The van der Waals surface area contributed by atoms with E-state index in [0.29, 0.717) is 25.4 Å². The van der Waals surface area contributed by atoms with Crippen molar-refractivity contribution < 1.29 is 19.1 Å². The minimum absolute atomic E-state index is 0.112. The molecule has 1 atom stereocenters. The molecule has 31 heavy (non-hydrogen) atoms. The number of rotatable bonds is 9. The van der Waals surface area contributed by atoms with Crippen LogP contribution in [-0.4, -0.2) is 31.1 Å². The van der Waals surface area contributed by atoms with Crippen LogP contribution in [0.1, 0.15) is 43.2 Å². The number of esters is 1. The molecule has 0 radical (unpaired) electrons. The summed E-state index contributed by atoms with van der Waals surface area (Å²) < 4.78 is 10.7. The quantitative estimate of drug-likeness (QED) is 0.602. The first-order valence-corrected chi connectivity index (χ1v) is 10.9. The highest BCUT2D eigenvalue weighted by atomic mass is 16.5. The fourth-order valence-corrected chi connectivity index (χ4v) is 3.94. The van der Waals surface area contributed by atoms with Gasteiger partial charge in [-0.3, -0.25) is 4.79 Å². The van der Waals surface area contributed by atoms with Crippen molar-refractivity contribution in [3.63, 3.8) is 0 Å². The maximum atomic E-state index is 12.5. The second-order valence-corrected chi connectivity index (χ2v) is 8.25. The van der Waals surface area contributed by atoms with Crippen molar-refractivity contribution in [2.45, 2.75) is 57.2 Å². The highest BCUT2D eigenvalue weighted by Gasteiger charge is 2.25. The number of carbonyl (C=O) groups is 2. The van der Waals surface area contributed by atoms with Crippen LogP contribution in [0, 0.1) is 5.92 Å². The summed E-state index contributed by atoms with van der Waals surface area (Å²) in [6, 6.07) is 17.1. The fourth-order valence-electron chi connectivity index (χ4n) is 3.94. The van der Waals surface area contributed by atoms with Gasteiger partial charge in [-0.15, -0.1) is 0 Å². The van der Waals surface area contributed by atoms with Gasteiger partial charge in [-0.2, -0.15) is 0 Å². The molecule has 166 valence electrons. The van der Waals surface area contributed by atoms with Gasteiger partial charge in [0.25, 0.3) is 0 Å². The minimum atomic E-state index is -0.709. The predicted octanol–water partition coefficient (Wildman–Crippen LogP) is 3.37. The van der Waals surface area contributed by atoms with Crippen molar-refractivity contribution in [3.05, 3.63) is 65.7 Å². The van der Waals surface area contributed by atoms with Gasteiger partial charge >= 0.3 is 5.97 Å². The maximum Gasteiger partial charge on any atom is 0.328 e. The fraction of sp³-hybridized carbons (Fsp3) is 0.440. The first-order valence-electron chi connectivity index (χ1n) is 10.9. The number of nitrogens with two attached hydrogens (primary N) is 1. The van der Waals surface area contributed by atoms with E-state index in [2.05, 4.69) is 5.32 Å². The van der Waals surface area contributed by atoms with Gasteiger partial charge in [-0.1, -0.05) is 42.5 Å². The van der Waals surface area contributed by atoms with E-state index in [1.807, 2.05) is 54.6 Å². The van der Waals surface area contributed by atoms with Crippen LogP contribution in [0.2, 0.25) is 0 Å². The zero-order chi connectivity index (χ0) is 22.1. The van der Waals surface area contributed by atoms with E-state index in [-0.39, 0.29) is 11.9 Å². The van der Waals surface area contributed by atoms with Crippen LogP contribution < -0.4 is 15.8 Å². The normalized spacial score (nSPS) is 19.3. The summed E-state index contributed by atoms with van der Waals surface area (Å²) in [5.41, 5.74) is 7.96. The number of nitrogens with one attached hydrogen (secondary N) is 1. The lowest BCUT2D eigenvalue weighted by molar-refractivity contribution is -0.145. The largest absolute Gasteiger partial charge is 0.489 e. The summed E-state index contributed by atoms with van der Waals surface area (Å²) in [5.74, 6) is 0.531. The van der Waals surface area contributed by atoms with Gasteiger partial charge in [0.1, 0.15) is 18.4 Å². The molecule has 6 nitrogen and oxygen atoms in total. The Kier molecular flexibility index (Phi) is 8.47. The highest BCUT2D eigenvalue weighted by Crippen LogP contribution is 2.25. The predicted molar refractivity (Wildman–Crippen MR) is 119 cm³/mol. The van der Waals surface area contributed by atoms with Gasteiger partial charge < -0.3 is 20.5 Å². The molecule has 1 aliphatic rings. The number of carbonyl (C=O) groups excluding carboxylic acids is 2. The molecule has 2 aromatic carbocycles. The Morgan fingerprint density at radius 3 is 2.32 bits per heavy atom. The molecule has 6 heteroatoms. The van der Waals surface area contributed by atoms with E-state index in [1.54, 1.807) is 0 Å². The molecule has 0 unspecified atom stereocenters. The van der Waals surface area contributed by atoms with Crippen LogP contribution in [0.3, 0.4) is 0 Å². The molecular formula is C25H32N2O4. The first kappa shape index (κ1) is 22.8. The second kappa shape index (κ2) is 11.5. The Morgan fingerprint density at radius 2 is 1.68 bits per heavy atom. The number of hydrogen-bond acceptors (Lipinski definition) is 5. The Labute approximate surface area is 184 Å². The third kappa shape index (κ3) is 7.40. The monoisotopic (exact) mass is 424 g/mol. The summed E-state index contributed by atoms with van der Waals surface area (Å²) in [7, 11) is 1.34. The van der Waals surface area contributed by atoms with E-state index in [9.17, 15) is 9.59 Å². The molecule has 1 saturated carbocycles. The topological polar surface area (TPSA) is 90.6 Å². The second-order valence-electron chi connectivity index (χ2n) is 8.25. The van der Waals surface area contributed by atoms with Gasteiger partial charge in [0.05, 0.1) is 7.11 Å². The van der Waals surface area contributed by atoms with Crippen LogP contribution in [0.4, 0.5) is 0 Å². The Balaban J connectivity index is 1.52. The molecule has 3 N–H and O–H groups in total. The molecule has 0 spiro atoms. The average molecular weight is 425 g/mol. The molecule has 0 aromatic heterocycles. The van der Waals surface area contributed by atoms with Crippen LogP contribution in [-0.2, 0) is 27.4 Å². The van der Waals surface area contributed by atoms with Gasteiger partial charge in [0.15, 0.2) is 0 Å². The lowest BCUT2D eigenvalue weighted by Crippen LogP contribution is -2.43. The summed E-state index contributed by atoms with van der Waals surface area (Å²) in [5, 5.41) is 2.86. The highest BCUT2D eigenvalue weighted by molar-refractivity contribution is 5.84. The standard InChI is InChI=1S/C25H32N2O4/c1-30-25(29)23(27-24(28)16-19-7-11-21(26)12-8-19)15-18-9-13-22(14-10-18)31-17-20-5-3-2-4-6-20/h2-6,9-10,13-14,19,21,23H,7-8,11-12,15-17,26H2,1H3,(H,27,28)/t19?,21?,23-/m0/s1. The minimum Gasteiger partial charge on any atom is -0.489 e. The molecular weight excluding hydrogens is 392 g/mol. The summed E-state index contributed by atoms with van der Waals surface area (Å²) in [6.45, 7) is 0.493. The van der Waals surface area contributed by atoms with Crippen molar-refractivity contribution in [2.75, 3.05) is 7.11 Å². The van der Waals surface area contributed by atoms with E-state index in [1.165, 1.54) is 7.11 Å². The van der Waals surface area contributed by atoms with Crippen molar-refractivity contribution >= 4 is 11.9 Å². The lowest BCUT2D eigenvalue weighted by Gasteiger charge is -2.26. The molecule has 0 heterocycles. The van der Waals surface area contributed by atoms with Crippen molar-refractivity contribution in [3.8, 4) is 5.75 Å². The molecule has 0 saturated heterocycles. The number of hydrogen-bond donors (Lipinski definition) is 2.